The average molecular weight is 195 g/mol. The molecule has 0 aromatic carbocycles. The molecule has 1 rings (SSSR count). The first-order valence-electron chi connectivity index (χ1n) is 5.93. The Balaban J connectivity index is 2.32. The molecule has 0 N–H and O–H groups in total. The van der Waals surface area contributed by atoms with Gasteiger partial charge in [-0.15, -0.1) is 0 Å². The third kappa shape index (κ3) is 3.43. The minimum Gasteiger partial charge on any atom is -0.293 e. The number of aliphatic imine (C=N–C) groups is 1. The van der Waals surface area contributed by atoms with Gasteiger partial charge in [0.05, 0.1) is 0 Å². The monoisotopic (exact) mass is 195 g/mol. The lowest BCUT2D eigenvalue weighted by molar-refractivity contribution is 0.450. The Hall–Kier alpha value is -0.330. The van der Waals surface area contributed by atoms with Crippen molar-refractivity contribution in [3.8, 4) is 0 Å². The molecule has 0 aliphatic carbocycles. The summed E-state index contributed by atoms with van der Waals surface area (Å²) in [5.41, 5.74) is 1.73. The van der Waals surface area contributed by atoms with Crippen molar-refractivity contribution >= 4 is 5.71 Å². The van der Waals surface area contributed by atoms with Gasteiger partial charge in [-0.1, -0.05) is 41.0 Å². The first-order chi connectivity index (χ1) is 6.39. The number of hydrogen-bond donors (Lipinski definition) is 0. The smallest absolute Gasteiger partial charge is 0.0420 e. The fraction of sp³-hybridized carbons (Fsp3) is 0.923. The van der Waals surface area contributed by atoms with Crippen molar-refractivity contribution in [1.82, 2.24) is 0 Å². The van der Waals surface area contributed by atoms with Crippen molar-refractivity contribution in [3.05, 3.63) is 0 Å². The molecule has 0 aromatic rings. The second kappa shape index (κ2) is 4.46. The predicted octanol–water partition coefficient (Wildman–Crippen LogP) is 3.93. The molecular weight excluding hydrogens is 170 g/mol. The van der Waals surface area contributed by atoms with Crippen LogP contribution in [0.3, 0.4) is 0 Å². The lowest BCUT2D eigenvalue weighted by Gasteiger charge is -2.19. The quantitative estimate of drug-likeness (QED) is 0.647. The number of rotatable bonds is 3. The zero-order valence-electron chi connectivity index (χ0n) is 10.4. The van der Waals surface area contributed by atoms with Crippen molar-refractivity contribution in [2.75, 3.05) is 6.54 Å². The second-order valence-electron chi connectivity index (χ2n) is 6.08. The van der Waals surface area contributed by atoms with Crippen molar-refractivity contribution in [3.63, 3.8) is 0 Å². The Kier molecular flexibility index (Phi) is 3.74. The summed E-state index contributed by atoms with van der Waals surface area (Å²) in [4.78, 5) is 4.68. The Labute approximate surface area is 89.0 Å². The third-order valence-electron chi connectivity index (χ3n) is 3.04. The van der Waals surface area contributed by atoms with E-state index in [9.17, 15) is 0 Å². The van der Waals surface area contributed by atoms with E-state index >= 15 is 0 Å². The molecule has 0 amide bonds. The Morgan fingerprint density at radius 1 is 1.36 bits per heavy atom. The summed E-state index contributed by atoms with van der Waals surface area (Å²) in [5.74, 6) is 1.68. The van der Waals surface area contributed by atoms with Gasteiger partial charge in [-0.2, -0.15) is 0 Å². The SMILES string of the molecule is CC(C)CCC1CN=C(C(C)(C)C)C1. The van der Waals surface area contributed by atoms with Crippen molar-refractivity contribution in [2.45, 2.75) is 53.9 Å². The molecule has 1 aliphatic heterocycles. The lowest BCUT2D eigenvalue weighted by atomic mass is 9.85. The molecule has 1 nitrogen and oxygen atoms in total. The van der Waals surface area contributed by atoms with Gasteiger partial charge >= 0.3 is 0 Å². The Morgan fingerprint density at radius 2 is 2.00 bits per heavy atom. The van der Waals surface area contributed by atoms with Crippen LogP contribution < -0.4 is 0 Å². The van der Waals surface area contributed by atoms with E-state index in [1.54, 1.807) is 0 Å². The topological polar surface area (TPSA) is 12.4 Å². The molecule has 1 heteroatoms. The van der Waals surface area contributed by atoms with Crippen LogP contribution in [0.15, 0.2) is 4.99 Å². The maximum atomic E-state index is 4.68. The van der Waals surface area contributed by atoms with Crippen LogP contribution in [-0.2, 0) is 0 Å². The van der Waals surface area contributed by atoms with E-state index in [1.165, 1.54) is 25.0 Å². The third-order valence-corrected chi connectivity index (χ3v) is 3.04. The summed E-state index contributed by atoms with van der Waals surface area (Å²) in [6.45, 7) is 12.5. The molecule has 82 valence electrons. The van der Waals surface area contributed by atoms with Crippen molar-refractivity contribution in [1.29, 1.82) is 0 Å². The predicted molar refractivity (Wildman–Crippen MR) is 63.9 cm³/mol. The molecule has 0 saturated heterocycles. The Morgan fingerprint density at radius 3 is 2.43 bits per heavy atom. The molecule has 1 heterocycles. The summed E-state index contributed by atoms with van der Waals surface area (Å²) in [7, 11) is 0. The van der Waals surface area contributed by atoms with E-state index in [0.717, 1.165) is 18.4 Å². The van der Waals surface area contributed by atoms with Gasteiger partial charge in [-0.05, 0) is 30.1 Å². The van der Waals surface area contributed by atoms with Crippen molar-refractivity contribution < 1.29 is 0 Å². The zero-order chi connectivity index (χ0) is 10.8. The highest BCUT2D eigenvalue weighted by Crippen LogP contribution is 2.29. The first-order valence-corrected chi connectivity index (χ1v) is 5.93. The van der Waals surface area contributed by atoms with Gasteiger partial charge in [0.1, 0.15) is 0 Å². The van der Waals surface area contributed by atoms with Gasteiger partial charge in [-0.25, -0.2) is 0 Å². The maximum absolute atomic E-state index is 4.68. The van der Waals surface area contributed by atoms with E-state index in [4.69, 9.17) is 0 Å². The molecule has 14 heavy (non-hydrogen) atoms. The highest BCUT2D eigenvalue weighted by Gasteiger charge is 2.26. The van der Waals surface area contributed by atoms with Crippen molar-refractivity contribution in [2.24, 2.45) is 22.2 Å². The fourth-order valence-corrected chi connectivity index (χ4v) is 1.95. The molecule has 0 aromatic heterocycles. The Bertz CT molecular complexity index is 208. The second-order valence-corrected chi connectivity index (χ2v) is 6.08. The molecule has 1 atom stereocenters. The van der Waals surface area contributed by atoms with E-state index in [1.807, 2.05) is 0 Å². The van der Waals surface area contributed by atoms with Crippen LogP contribution in [-0.4, -0.2) is 12.3 Å². The van der Waals surface area contributed by atoms with E-state index in [0.29, 0.717) is 5.41 Å². The summed E-state index contributed by atoms with van der Waals surface area (Å²) in [6, 6.07) is 0. The molecule has 0 radical (unpaired) electrons. The molecule has 1 unspecified atom stereocenters. The minimum atomic E-state index is 0.298. The fourth-order valence-electron chi connectivity index (χ4n) is 1.95. The van der Waals surface area contributed by atoms with Gasteiger partial charge < -0.3 is 0 Å². The molecule has 0 bridgehead atoms. The minimum absolute atomic E-state index is 0.298. The summed E-state index contributed by atoms with van der Waals surface area (Å²) in [6.07, 6.45) is 3.97. The van der Waals surface area contributed by atoms with Gasteiger partial charge in [0.2, 0.25) is 0 Å². The van der Waals surface area contributed by atoms with E-state index in [2.05, 4.69) is 39.6 Å². The largest absolute Gasteiger partial charge is 0.293 e. The average Bonchev–Trinajstić information content (AvgIpc) is 2.47. The highest BCUT2D eigenvalue weighted by molar-refractivity contribution is 5.90. The van der Waals surface area contributed by atoms with Gasteiger partial charge in [0.15, 0.2) is 0 Å². The highest BCUT2D eigenvalue weighted by atomic mass is 14.8. The van der Waals surface area contributed by atoms with E-state index < -0.39 is 0 Å². The molecular formula is C13H25N. The van der Waals surface area contributed by atoms with Crippen LogP contribution in [0.25, 0.3) is 0 Å². The number of nitrogens with zero attached hydrogens (tertiary/aromatic N) is 1. The lowest BCUT2D eigenvalue weighted by Crippen LogP contribution is -2.19. The summed E-state index contributed by atoms with van der Waals surface area (Å²) >= 11 is 0. The molecule has 1 aliphatic rings. The van der Waals surface area contributed by atoms with Crippen LogP contribution in [0.5, 0.6) is 0 Å². The van der Waals surface area contributed by atoms with Gasteiger partial charge in [0.25, 0.3) is 0 Å². The van der Waals surface area contributed by atoms with Gasteiger partial charge in [0, 0.05) is 12.3 Å². The van der Waals surface area contributed by atoms with E-state index in [-0.39, 0.29) is 0 Å². The van der Waals surface area contributed by atoms with Crippen LogP contribution in [0.4, 0.5) is 0 Å². The summed E-state index contributed by atoms with van der Waals surface area (Å²) in [5, 5.41) is 0. The molecule has 0 saturated carbocycles. The normalized spacial score (nSPS) is 23.0. The van der Waals surface area contributed by atoms with Crippen LogP contribution in [0.2, 0.25) is 0 Å². The number of hydrogen-bond acceptors (Lipinski definition) is 1. The van der Waals surface area contributed by atoms with Crippen LogP contribution in [0, 0.1) is 17.3 Å². The van der Waals surface area contributed by atoms with Gasteiger partial charge in [-0.3, -0.25) is 4.99 Å². The standard InChI is InChI=1S/C13H25N/c1-10(2)6-7-11-8-12(14-9-11)13(3,4)5/h10-11H,6-9H2,1-5H3. The maximum Gasteiger partial charge on any atom is 0.0420 e. The van der Waals surface area contributed by atoms with Crippen LogP contribution in [0.1, 0.15) is 53.9 Å². The molecule has 0 spiro atoms. The zero-order valence-corrected chi connectivity index (χ0v) is 10.4. The first kappa shape index (κ1) is 11.7. The molecule has 0 fully saturated rings. The summed E-state index contributed by atoms with van der Waals surface area (Å²) < 4.78 is 0. The van der Waals surface area contributed by atoms with Crippen LogP contribution >= 0.6 is 0 Å².